The average Bonchev–Trinajstić information content (AvgIpc) is 2.93. The van der Waals surface area contributed by atoms with Crippen molar-refractivity contribution in [2.45, 2.75) is 30.1 Å². The van der Waals surface area contributed by atoms with Crippen molar-refractivity contribution in [2.24, 2.45) is 0 Å². The van der Waals surface area contributed by atoms with Crippen LogP contribution in [0.25, 0.3) is 16.7 Å². The van der Waals surface area contributed by atoms with Crippen LogP contribution in [0.3, 0.4) is 0 Å². The molecule has 0 unspecified atom stereocenters. The Morgan fingerprint density at radius 3 is 2.60 bits per heavy atom. The van der Waals surface area contributed by atoms with E-state index in [1.807, 2.05) is 59.7 Å². The van der Waals surface area contributed by atoms with Gasteiger partial charge in [0.15, 0.2) is 5.82 Å². The smallest absolute Gasteiger partial charge is 0.249 e. The molecule has 7 heteroatoms. The first-order chi connectivity index (χ1) is 14.4. The first-order valence-corrected chi connectivity index (χ1v) is 11.2. The molecular weight excluding hydrogens is 402 g/mol. The molecular formula is C23H24F2N4S. The van der Waals surface area contributed by atoms with E-state index in [4.69, 9.17) is 9.97 Å². The minimum Gasteiger partial charge on any atom is -0.355 e. The molecule has 1 fully saturated rings. The van der Waals surface area contributed by atoms with Gasteiger partial charge in [0.1, 0.15) is 5.69 Å². The van der Waals surface area contributed by atoms with Crippen LogP contribution in [0, 0.1) is 0 Å². The first-order valence-electron chi connectivity index (χ1n) is 9.95. The quantitative estimate of drug-likeness (QED) is 0.502. The fourth-order valence-electron chi connectivity index (χ4n) is 3.62. The second-order valence-electron chi connectivity index (χ2n) is 7.42. The summed E-state index contributed by atoms with van der Waals surface area (Å²) in [6.07, 6.45) is 2.16. The van der Waals surface area contributed by atoms with E-state index in [0.29, 0.717) is 30.2 Å². The molecule has 3 aromatic rings. The molecule has 1 aromatic heterocycles. The minimum absolute atomic E-state index is 0.0967. The van der Waals surface area contributed by atoms with Crippen LogP contribution in [-0.4, -0.2) is 35.2 Å². The number of aromatic nitrogens is 2. The molecule has 0 spiro atoms. The number of benzene rings is 2. The number of fused-ring (bicyclic) bond motifs is 1. The van der Waals surface area contributed by atoms with Gasteiger partial charge in [-0.15, -0.1) is 11.8 Å². The molecule has 0 saturated carbocycles. The molecule has 1 aliphatic rings. The van der Waals surface area contributed by atoms with E-state index in [2.05, 4.69) is 11.9 Å². The molecule has 0 atom stereocenters. The van der Waals surface area contributed by atoms with Gasteiger partial charge in [-0.3, -0.25) is 0 Å². The van der Waals surface area contributed by atoms with Gasteiger partial charge in [0.2, 0.25) is 5.92 Å². The summed E-state index contributed by atoms with van der Waals surface area (Å²) in [6.45, 7) is 4.95. The Balaban J connectivity index is 1.71. The lowest BCUT2D eigenvalue weighted by Gasteiger charge is -2.25. The Labute approximate surface area is 179 Å². The highest BCUT2D eigenvalue weighted by Gasteiger charge is 2.33. The number of hydrogen-bond acceptors (Lipinski definition) is 5. The van der Waals surface area contributed by atoms with Gasteiger partial charge in [-0.25, -0.2) is 18.7 Å². The molecule has 4 rings (SSSR count). The predicted molar refractivity (Wildman–Crippen MR) is 121 cm³/mol. The second-order valence-corrected chi connectivity index (χ2v) is 8.30. The topological polar surface area (TPSA) is 41.1 Å². The summed E-state index contributed by atoms with van der Waals surface area (Å²) in [6, 6.07) is 15.6. The molecule has 0 bridgehead atoms. The lowest BCUT2D eigenvalue weighted by atomic mass is 10.1. The Kier molecular flexibility index (Phi) is 5.90. The molecule has 30 heavy (non-hydrogen) atoms. The standard InChI is InChI=1S/C23H24F2N4S/c1-16(26-17-7-5-8-18(15-17)30-2)21-22(28-20-10-4-3-9-19(20)27-21)29-13-6-11-23(24,25)12-14-29/h3-5,7-10,15,26H,1,6,11-14H2,2H3. The number of hydrogen-bond donors (Lipinski definition) is 1. The van der Waals surface area contributed by atoms with Crippen molar-refractivity contribution >= 4 is 40.0 Å². The Morgan fingerprint density at radius 1 is 1.07 bits per heavy atom. The van der Waals surface area contributed by atoms with Gasteiger partial charge < -0.3 is 10.2 Å². The maximum atomic E-state index is 13.9. The highest BCUT2D eigenvalue weighted by Crippen LogP contribution is 2.33. The Hall–Kier alpha value is -2.67. The van der Waals surface area contributed by atoms with E-state index in [0.717, 1.165) is 21.6 Å². The third kappa shape index (κ3) is 4.56. The zero-order valence-corrected chi connectivity index (χ0v) is 17.7. The number of nitrogens with zero attached hydrogens (tertiary/aromatic N) is 3. The van der Waals surface area contributed by atoms with Gasteiger partial charge in [0.05, 0.1) is 16.7 Å². The number of alkyl halides is 2. The summed E-state index contributed by atoms with van der Waals surface area (Å²) in [5, 5.41) is 3.32. The second kappa shape index (κ2) is 8.60. The van der Waals surface area contributed by atoms with E-state index in [9.17, 15) is 8.78 Å². The average molecular weight is 427 g/mol. The number of nitrogens with one attached hydrogen (secondary N) is 1. The molecule has 4 nitrogen and oxygen atoms in total. The highest BCUT2D eigenvalue weighted by atomic mass is 32.2. The monoisotopic (exact) mass is 426 g/mol. The third-order valence-electron chi connectivity index (χ3n) is 5.22. The summed E-state index contributed by atoms with van der Waals surface area (Å²) in [7, 11) is 0. The van der Waals surface area contributed by atoms with Crippen molar-refractivity contribution in [1.82, 2.24) is 9.97 Å². The number of thioether (sulfide) groups is 1. The van der Waals surface area contributed by atoms with Crippen molar-refractivity contribution in [3.05, 3.63) is 60.8 Å². The molecule has 1 aliphatic heterocycles. The lowest BCUT2D eigenvalue weighted by Crippen LogP contribution is -2.28. The van der Waals surface area contributed by atoms with Gasteiger partial charge in [-0.2, -0.15) is 0 Å². The van der Waals surface area contributed by atoms with E-state index in [1.165, 1.54) is 0 Å². The largest absolute Gasteiger partial charge is 0.355 e. The predicted octanol–water partition coefficient (Wildman–Crippen LogP) is 6.06. The maximum absolute atomic E-state index is 13.9. The molecule has 2 heterocycles. The van der Waals surface area contributed by atoms with Crippen molar-refractivity contribution in [1.29, 1.82) is 0 Å². The Bertz CT molecular complexity index is 1070. The molecule has 1 saturated heterocycles. The normalized spacial score (nSPS) is 16.3. The van der Waals surface area contributed by atoms with Crippen molar-refractivity contribution in [2.75, 3.05) is 29.6 Å². The van der Waals surface area contributed by atoms with Crippen LogP contribution >= 0.6 is 11.8 Å². The van der Waals surface area contributed by atoms with Crippen LogP contribution in [0.4, 0.5) is 20.3 Å². The first kappa shape index (κ1) is 20.6. The molecule has 156 valence electrons. The van der Waals surface area contributed by atoms with E-state index >= 15 is 0 Å². The minimum atomic E-state index is -2.63. The third-order valence-corrected chi connectivity index (χ3v) is 5.95. The van der Waals surface area contributed by atoms with Crippen LogP contribution in [0.2, 0.25) is 0 Å². The summed E-state index contributed by atoms with van der Waals surface area (Å²) in [4.78, 5) is 12.6. The summed E-state index contributed by atoms with van der Waals surface area (Å²) in [5.74, 6) is -2.03. The van der Waals surface area contributed by atoms with Crippen LogP contribution in [0.1, 0.15) is 25.0 Å². The van der Waals surface area contributed by atoms with E-state index in [1.54, 1.807) is 11.8 Å². The fourth-order valence-corrected chi connectivity index (χ4v) is 4.08. The van der Waals surface area contributed by atoms with Gasteiger partial charge in [-0.1, -0.05) is 24.8 Å². The van der Waals surface area contributed by atoms with Gasteiger partial charge in [0, 0.05) is 36.5 Å². The van der Waals surface area contributed by atoms with Crippen LogP contribution in [-0.2, 0) is 0 Å². The van der Waals surface area contributed by atoms with Gasteiger partial charge in [-0.05, 0) is 43.0 Å². The van der Waals surface area contributed by atoms with Crippen LogP contribution in [0.5, 0.6) is 0 Å². The van der Waals surface area contributed by atoms with Gasteiger partial charge >= 0.3 is 0 Å². The molecule has 0 aliphatic carbocycles. The number of para-hydroxylation sites is 2. The van der Waals surface area contributed by atoms with Gasteiger partial charge in [0.25, 0.3) is 0 Å². The zero-order chi connectivity index (χ0) is 21.1. The van der Waals surface area contributed by atoms with Crippen LogP contribution < -0.4 is 10.2 Å². The van der Waals surface area contributed by atoms with Crippen molar-refractivity contribution < 1.29 is 8.78 Å². The zero-order valence-electron chi connectivity index (χ0n) is 16.9. The van der Waals surface area contributed by atoms with Crippen molar-refractivity contribution in [3.63, 3.8) is 0 Å². The number of rotatable bonds is 5. The lowest BCUT2D eigenvalue weighted by molar-refractivity contribution is -0.0102. The van der Waals surface area contributed by atoms with E-state index < -0.39 is 5.92 Å². The Morgan fingerprint density at radius 2 is 1.83 bits per heavy atom. The molecule has 2 aromatic carbocycles. The summed E-state index contributed by atoms with van der Waals surface area (Å²) < 4.78 is 27.9. The summed E-state index contributed by atoms with van der Waals surface area (Å²) in [5.41, 5.74) is 3.57. The number of halogens is 2. The highest BCUT2D eigenvalue weighted by molar-refractivity contribution is 7.98. The van der Waals surface area contributed by atoms with Crippen LogP contribution in [0.15, 0.2) is 60.0 Å². The SMILES string of the molecule is C=C(Nc1cccc(SC)c1)c1nc2ccccc2nc1N1CCCC(F)(F)CC1. The molecule has 1 N–H and O–H groups in total. The maximum Gasteiger partial charge on any atom is 0.249 e. The van der Waals surface area contributed by atoms with Crippen molar-refractivity contribution in [3.8, 4) is 0 Å². The number of anilines is 2. The molecule has 0 amide bonds. The van der Waals surface area contributed by atoms with E-state index in [-0.39, 0.29) is 19.4 Å². The summed E-state index contributed by atoms with van der Waals surface area (Å²) >= 11 is 1.66. The molecule has 0 radical (unpaired) electrons. The fraction of sp³-hybridized carbons (Fsp3) is 0.304.